The van der Waals surface area contributed by atoms with Gasteiger partial charge >= 0.3 is 5.97 Å². The molecule has 0 fully saturated rings. The van der Waals surface area contributed by atoms with Gasteiger partial charge in [-0.15, -0.1) is 0 Å². The molecular formula is C17H17NO5S. The van der Waals surface area contributed by atoms with Gasteiger partial charge in [0, 0.05) is 12.1 Å². The molecule has 0 saturated carbocycles. The maximum absolute atomic E-state index is 12.1. The smallest absolute Gasteiger partial charge is 0.304 e. The van der Waals surface area contributed by atoms with E-state index in [0.717, 1.165) is 11.1 Å². The van der Waals surface area contributed by atoms with E-state index in [1.807, 2.05) is 6.07 Å². The fraction of sp³-hybridized carbons (Fsp3) is 0.176. The number of hydrogen-bond donors (Lipinski definition) is 2. The molecule has 0 aliphatic rings. The third kappa shape index (κ3) is 4.50. The largest absolute Gasteiger partial charge is 0.481 e. The molecule has 0 saturated heterocycles. The van der Waals surface area contributed by atoms with E-state index in [0.29, 0.717) is 5.56 Å². The number of sulfonamides is 1. The van der Waals surface area contributed by atoms with E-state index in [1.54, 1.807) is 30.3 Å². The SMILES string of the molecule is CC(=O)c1cccc(-c2ccc(S(=O)(=O)NCCC(=O)O)cc2)c1. The molecule has 2 aromatic rings. The van der Waals surface area contributed by atoms with Crippen molar-refractivity contribution >= 4 is 21.8 Å². The van der Waals surface area contributed by atoms with Crippen molar-refractivity contribution in [1.82, 2.24) is 4.72 Å². The average molecular weight is 347 g/mol. The Labute approximate surface area is 140 Å². The van der Waals surface area contributed by atoms with Gasteiger partial charge in [-0.05, 0) is 36.2 Å². The van der Waals surface area contributed by atoms with E-state index in [1.165, 1.54) is 19.1 Å². The van der Waals surface area contributed by atoms with Gasteiger partial charge in [-0.1, -0.05) is 30.3 Å². The van der Waals surface area contributed by atoms with Crippen molar-refractivity contribution < 1.29 is 23.1 Å². The van der Waals surface area contributed by atoms with Gasteiger partial charge in [-0.3, -0.25) is 9.59 Å². The van der Waals surface area contributed by atoms with Crippen LogP contribution in [0.25, 0.3) is 11.1 Å². The summed E-state index contributed by atoms with van der Waals surface area (Å²) in [6.45, 7) is 1.32. The molecule has 0 amide bonds. The second kappa shape index (κ2) is 7.37. The predicted molar refractivity (Wildman–Crippen MR) is 89.3 cm³/mol. The molecule has 0 unspecified atom stereocenters. The van der Waals surface area contributed by atoms with Crippen LogP contribution in [0.3, 0.4) is 0 Å². The fourth-order valence-corrected chi connectivity index (χ4v) is 3.15. The summed E-state index contributed by atoms with van der Waals surface area (Å²) >= 11 is 0. The van der Waals surface area contributed by atoms with Crippen molar-refractivity contribution in [2.24, 2.45) is 0 Å². The van der Waals surface area contributed by atoms with Gasteiger partial charge in [0.2, 0.25) is 10.0 Å². The summed E-state index contributed by atoms with van der Waals surface area (Å²) in [6.07, 6.45) is -0.283. The van der Waals surface area contributed by atoms with Crippen LogP contribution in [0.1, 0.15) is 23.7 Å². The number of benzene rings is 2. The van der Waals surface area contributed by atoms with E-state index in [4.69, 9.17) is 5.11 Å². The molecule has 2 N–H and O–H groups in total. The van der Waals surface area contributed by atoms with Crippen LogP contribution in [0.4, 0.5) is 0 Å². The monoisotopic (exact) mass is 347 g/mol. The Kier molecular flexibility index (Phi) is 5.48. The summed E-state index contributed by atoms with van der Waals surface area (Å²) in [7, 11) is -3.74. The Morgan fingerprint density at radius 1 is 1.04 bits per heavy atom. The minimum absolute atomic E-state index is 0.0429. The quantitative estimate of drug-likeness (QED) is 0.749. The molecule has 6 nitrogen and oxygen atoms in total. The highest BCUT2D eigenvalue weighted by Crippen LogP contribution is 2.22. The zero-order valence-corrected chi connectivity index (χ0v) is 13.8. The molecule has 0 radical (unpaired) electrons. The number of aliphatic carboxylic acids is 1. The summed E-state index contributed by atoms with van der Waals surface area (Å²) in [5.41, 5.74) is 2.17. The average Bonchev–Trinajstić information content (AvgIpc) is 2.54. The van der Waals surface area contributed by atoms with E-state index < -0.39 is 16.0 Å². The second-order valence-electron chi connectivity index (χ2n) is 5.20. The number of carboxylic acid groups (broad SMARTS) is 1. The van der Waals surface area contributed by atoms with Crippen molar-refractivity contribution in [3.8, 4) is 11.1 Å². The molecule has 0 bridgehead atoms. The molecular weight excluding hydrogens is 330 g/mol. The van der Waals surface area contributed by atoms with Crippen molar-refractivity contribution in [1.29, 1.82) is 0 Å². The van der Waals surface area contributed by atoms with Gasteiger partial charge in [0.15, 0.2) is 5.78 Å². The van der Waals surface area contributed by atoms with Crippen molar-refractivity contribution in [3.63, 3.8) is 0 Å². The molecule has 0 aliphatic heterocycles. The minimum Gasteiger partial charge on any atom is -0.481 e. The number of carbonyl (C=O) groups excluding carboxylic acids is 1. The molecule has 2 rings (SSSR count). The molecule has 7 heteroatoms. The van der Waals surface area contributed by atoms with Gasteiger partial charge in [-0.25, -0.2) is 13.1 Å². The van der Waals surface area contributed by atoms with Crippen LogP contribution in [0.5, 0.6) is 0 Å². The van der Waals surface area contributed by atoms with Gasteiger partial charge in [0.05, 0.1) is 11.3 Å². The molecule has 0 spiro atoms. The van der Waals surface area contributed by atoms with Gasteiger partial charge < -0.3 is 5.11 Å². The van der Waals surface area contributed by atoms with Gasteiger partial charge in [-0.2, -0.15) is 0 Å². The Balaban J connectivity index is 2.20. The maximum Gasteiger partial charge on any atom is 0.304 e. The van der Waals surface area contributed by atoms with E-state index >= 15 is 0 Å². The summed E-state index contributed by atoms with van der Waals surface area (Å²) in [4.78, 5) is 21.9. The first kappa shape index (κ1) is 17.8. The third-order valence-electron chi connectivity index (χ3n) is 3.40. The van der Waals surface area contributed by atoms with Crippen LogP contribution < -0.4 is 4.72 Å². The normalized spacial score (nSPS) is 11.2. The zero-order valence-electron chi connectivity index (χ0n) is 13.0. The lowest BCUT2D eigenvalue weighted by Gasteiger charge is -2.08. The first-order valence-corrected chi connectivity index (χ1v) is 8.71. The van der Waals surface area contributed by atoms with Gasteiger partial charge in [0.25, 0.3) is 0 Å². The maximum atomic E-state index is 12.1. The minimum atomic E-state index is -3.74. The Morgan fingerprint density at radius 3 is 2.29 bits per heavy atom. The summed E-state index contributed by atoms with van der Waals surface area (Å²) in [6, 6.07) is 13.2. The van der Waals surface area contributed by atoms with Crippen LogP contribution in [0, 0.1) is 0 Å². The van der Waals surface area contributed by atoms with Crippen LogP contribution in [-0.4, -0.2) is 31.8 Å². The Hall–Kier alpha value is -2.51. The zero-order chi connectivity index (χ0) is 17.7. The highest BCUT2D eigenvalue weighted by Gasteiger charge is 2.14. The molecule has 0 atom stereocenters. The number of Topliss-reactive ketones (excluding diaryl/α,β-unsaturated/α-hetero) is 1. The van der Waals surface area contributed by atoms with Crippen LogP contribution in [0.2, 0.25) is 0 Å². The third-order valence-corrected chi connectivity index (χ3v) is 4.87. The summed E-state index contributed by atoms with van der Waals surface area (Å²) in [5, 5.41) is 8.55. The molecule has 0 aromatic heterocycles. The number of carboxylic acids is 1. The molecule has 24 heavy (non-hydrogen) atoms. The number of nitrogens with one attached hydrogen (secondary N) is 1. The van der Waals surface area contributed by atoms with Gasteiger partial charge in [0.1, 0.15) is 0 Å². The first-order valence-electron chi connectivity index (χ1n) is 7.22. The van der Waals surface area contributed by atoms with Crippen LogP contribution in [0.15, 0.2) is 53.4 Å². The fourth-order valence-electron chi connectivity index (χ4n) is 2.12. The summed E-state index contributed by atoms with van der Waals surface area (Å²) < 4.78 is 26.3. The lowest BCUT2D eigenvalue weighted by atomic mass is 10.0. The van der Waals surface area contributed by atoms with Crippen LogP contribution >= 0.6 is 0 Å². The van der Waals surface area contributed by atoms with E-state index in [2.05, 4.69) is 4.72 Å². The highest BCUT2D eigenvalue weighted by atomic mass is 32.2. The Morgan fingerprint density at radius 2 is 1.71 bits per heavy atom. The number of carbonyl (C=O) groups is 2. The molecule has 2 aromatic carbocycles. The Bertz CT molecular complexity index is 857. The second-order valence-corrected chi connectivity index (χ2v) is 6.97. The van der Waals surface area contributed by atoms with Crippen molar-refractivity contribution in [2.75, 3.05) is 6.54 Å². The number of ketones is 1. The molecule has 126 valence electrons. The van der Waals surface area contributed by atoms with E-state index in [9.17, 15) is 18.0 Å². The summed E-state index contributed by atoms with van der Waals surface area (Å²) in [5.74, 6) is -1.11. The van der Waals surface area contributed by atoms with Crippen molar-refractivity contribution in [3.05, 3.63) is 54.1 Å². The van der Waals surface area contributed by atoms with E-state index in [-0.39, 0.29) is 23.6 Å². The molecule has 0 aliphatic carbocycles. The molecule has 0 heterocycles. The topological polar surface area (TPSA) is 101 Å². The van der Waals surface area contributed by atoms with Crippen molar-refractivity contribution in [2.45, 2.75) is 18.2 Å². The lowest BCUT2D eigenvalue weighted by molar-refractivity contribution is -0.136. The lowest BCUT2D eigenvalue weighted by Crippen LogP contribution is -2.26. The first-order chi connectivity index (χ1) is 11.3. The van der Waals surface area contributed by atoms with Crippen LogP contribution in [-0.2, 0) is 14.8 Å². The highest BCUT2D eigenvalue weighted by molar-refractivity contribution is 7.89. The number of hydrogen-bond acceptors (Lipinski definition) is 4. The predicted octanol–water partition coefficient (Wildman–Crippen LogP) is 2.31. The standard InChI is InChI=1S/C17H17NO5S/c1-12(19)14-3-2-4-15(11-14)13-5-7-16(8-6-13)24(22,23)18-10-9-17(20)21/h2-8,11,18H,9-10H2,1H3,(H,20,21). The number of rotatable bonds is 7.